The molecular weight excluding hydrogens is 312 g/mol. The normalized spacial score (nSPS) is 31.0. The summed E-state index contributed by atoms with van der Waals surface area (Å²) in [5.74, 6) is 0. The van der Waals surface area contributed by atoms with Crippen LogP contribution in [0.4, 0.5) is 0 Å². The maximum absolute atomic E-state index is 9.47. The lowest BCUT2D eigenvalue weighted by Crippen LogP contribution is -2.50. The first-order valence-electron chi connectivity index (χ1n) is 10.3. The van der Waals surface area contributed by atoms with Crippen LogP contribution in [0.1, 0.15) is 60.8 Å². The van der Waals surface area contributed by atoms with Crippen molar-refractivity contribution in [2.75, 3.05) is 47.3 Å². The van der Waals surface area contributed by atoms with Gasteiger partial charge in [-0.05, 0) is 60.8 Å². The summed E-state index contributed by atoms with van der Waals surface area (Å²) in [5, 5.41) is 16.2. The fourth-order valence-electron chi connectivity index (χ4n) is 3.67. The molecule has 3 heterocycles. The molecule has 0 aromatic rings. The number of fused-ring (bicyclic) bond motifs is 1. The Kier molecular flexibility index (Phi) is 11.4. The van der Waals surface area contributed by atoms with Gasteiger partial charge >= 0.3 is 0 Å². The molecule has 1 unspecified atom stereocenters. The number of hydrogen-bond donors (Lipinski definition) is 3. The van der Waals surface area contributed by atoms with E-state index in [1.165, 1.54) is 32.4 Å². The Bertz CT molecular complexity index is 337. The minimum atomic E-state index is -0.582. The van der Waals surface area contributed by atoms with E-state index in [0.717, 1.165) is 12.6 Å². The van der Waals surface area contributed by atoms with Crippen LogP contribution in [0.5, 0.6) is 0 Å². The molecule has 3 aliphatic heterocycles. The molecule has 4 fully saturated rings. The first kappa shape index (κ1) is 24.8. The van der Waals surface area contributed by atoms with Crippen LogP contribution in [0.3, 0.4) is 0 Å². The molecule has 0 radical (unpaired) electrons. The molecule has 5 nitrogen and oxygen atoms in total. The lowest BCUT2D eigenvalue weighted by Gasteiger charge is -2.36. The van der Waals surface area contributed by atoms with Crippen molar-refractivity contribution in [3.05, 3.63) is 0 Å². The van der Waals surface area contributed by atoms with Crippen LogP contribution in [0.15, 0.2) is 0 Å². The lowest BCUT2D eigenvalue weighted by molar-refractivity contribution is 0.0767. The Labute approximate surface area is 157 Å². The molecule has 5 heteroatoms. The molecule has 0 aromatic carbocycles. The molecular formula is C20H46N4O. The maximum Gasteiger partial charge on any atom is 0.0715 e. The second-order valence-electron chi connectivity index (χ2n) is 7.95. The van der Waals surface area contributed by atoms with Crippen molar-refractivity contribution in [1.29, 1.82) is 0 Å². The van der Waals surface area contributed by atoms with E-state index < -0.39 is 5.60 Å². The highest BCUT2D eigenvalue weighted by molar-refractivity contribution is 5.12. The zero-order valence-corrected chi connectivity index (χ0v) is 18.4. The highest BCUT2D eigenvalue weighted by atomic mass is 16.3. The molecule has 2 bridgehead atoms. The van der Waals surface area contributed by atoms with E-state index in [-0.39, 0.29) is 0 Å². The maximum atomic E-state index is 9.47. The number of aliphatic hydroxyl groups is 1. The van der Waals surface area contributed by atoms with E-state index in [2.05, 4.69) is 41.6 Å². The van der Waals surface area contributed by atoms with Gasteiger partial charge in [0.05, 0.1) is 5.60 Å². The summed E-state index contributed by atoms with van der Waals surface area (Å²) in [5.41, 5.74) is -0.0550. The van der Waals surface area contributed by atoms with Crippen molar-refractivity contribution in [2.24, 2.45) is 0 Å². The third-order valence-corrected chi connectivity index (χ3v) is 5.17. The fraction of sp³-hybridized carbons (Fsp3) is 1.00. The predicted molar refractivity (Wildman–Crippen MR) is 110 cm³/mol. The first-order chi connectivity index (χ1) is 11.7. The summed E-state index contributed by atoms with van der Waals surface area (Å²) in [6, 6.07) is 1.47. The average Bonchev–Trinajstić information content (AvgIpc) is 3.21. The first-order valence-corrected chi connectivity index (χ1v) is 10.3. The summed E-state index contributed by atoms with van der Waals surface area (Å²) < 4.78 is 0. The van der Waals surface area contributed by atoms with Crippen molar-refractivity contribution < 1.29 is 5.11 Å². The molecule has 1 atom stereocenters. The Morgan fingerprint density at radius 2 is 1.68 bits per heavy atom. The van der Waals surface area contributed by atoms with Crippen LogP contribution < -0.4 is 10.6 Å². The summed E-state index contributed by atoms with van der Waals surface area (Å²) in [7, 11) is 6.43. The van der Waals surface area contributed by atoms with Crippen molar-refractivity contribution >= 4 is 0 Å². The predicted octanol–water partition coefficient (Wildman–Crippen LogP) is 2.16. The number of rotatable bonds is 4. The minimum Gasteiger partial charge on any atom is -0.389 e. The summed E-state index contributed by atoms with van der Waals surface area (Å²) in [6.45, 7) is 15.9. The van der Waals surface area contributed by atoms with Gasteiger partial charge in [0.25, 0.3) is 0 Å². The highest BCUT2D eigenvalue weighted by Crippen LogP contribution is 2.42. The standard InChI is InChI=1S/C9H20N2O.C7H14N2.2C2H6/c1-9(2,12)7-10-8-4-5-11(3)6-8;1-8-7-3-6(4-7)9(2)5-7;2*1-2/h8,10,12H,4-7H2,1-3H3;6,8H,3-5H2,1-2H3;2*1-2H3. The van der Waals surface area contributed by atoms with Gasteiger partial charge in [-0.25, -0.2) is 0 Å². The van der Waals surface area contributed by atoms with Crippen LogP contribution in [-0.4, -0.2) is 85.5 Å². The summed E-state index contributed by atoms with van der Waals surface area (Å²) in [4.78, 5) is 4.76. The van der Waals surface area contributed by atoms with Crippen LogP contribution >= 0.6 is 0 Å². The monoisotopic (exact) mass is 358 g/mol. The van der Waals surface area contributed by atoms with Gasteiger partial charge in [-0.1, -0.05) is 27.7 Å². The summed E-state index contributed by atoms with van der Waals surface area (Å²) >= 11 is 0. The average molecular weight is 359 g/mol. The van der Waals surface area contributed by atoms with Crippen molar-refractivity contribution in [2.45, 2.75) is 84.0 Å². The molecule has 0 spiro atoms. The second kappa shape index (κ2) is 11.5. The Hall–Kier alpha value is -0.200. The van der Waals surface area contributed by atoms with E-state index >= 15 is 0 Å². The Morgan fingerprint density at radius 3 is 1.96 bits per heavy atom. The molecule has 152 valence electrons. The van der Waals surface area contributed by atoms with Crippen LogP contribution in [0.25, 0.3) is 0 Å². The smallest absolute Gasteiger partial charge is 0.0715 e. The Morgan fingerprint density at radius 1 is 1.12 bits per heavy atom. The number of nitrogens with zero attached hydrogens (tertiary/aromatic N) is 2. The SMILES string of the molecule is CC.CC.CN1CCC(NCC(C)(C)O)C1.CNC12CC(C1)N(C)C2. The largest absolute Gasteiger partial charge is 0.389 e. The molecule has 4 aliphatic rings. The molecule has 3 N–H and O–H groups in total. The quantitative estimate of drug-likeness (QED) is 0.719. The number of nitrogens with one attached hydrogen (secondary N) is 2. The third kappa shape index (κ3) is 8.35. The zero-order chi connectivity index (χ0) is 19.7. The van der Waals surface area contributed by atoms with Crippen molar-refractivity contribution in [3.63, 3.8) is 0 Å². The minimum absolute atomic E-state index is 0.527. The van der Waals surface area contributed by atoms with Gasteiger partial charge in [-0.15, -0.1) is 0 Å². The van der Waals surface area contributed by atoms with Gasteiger partial charge in [0.15, 0.2) is 0 Å². The van der Waals surface area contributed by atoms with E-state index in [9.17, 15) is 5.11 Å². The fourth-order valence-corrected chi connectivity index (χ4v) is 3.67. The second-order valence-corrected chi connectivity index (χ2v) is 7.95. The third-order valence-electron chi connectivity index (χ3n) is 5.17. The molecule has 4 rings (SSSR count). The molecule has 25 heavy (non-hydrogen) atoms. The topological polar surface area (TPSA) is 50.8 Å². The van der Waals surface area contributed by atoms with E-state index in [1.807, 2.05) is 41.5 Å². The number of likely N-dealkylation sites (N-methyl/N-ethyl adjacent to an activating group) is 3. The highest BCUT2D eigenvalue weighted by Gasteiger charge is 2.52. The van der Waals surface area contributed by atoms with Crippen molar-refractivity contribution in [1.82, 2.24) is 20.4 Å². The molecule has 1 saturated carbocycles. The summed E-state index contributed by atoms with van der Waals surface area (Å²) in [6.07, 6.45) is 3.95. The van der Waals surface area contributed by atoms with Gasteiger partial charge in [0.2, 0.25) is 0 Å². The van der Waals surface area contributed by atoms with Crippen LogP contribution in [0, 0.1) is 0 Å². The lowest BCUT2D eigenvalue weighted by atomic mass is 9.78. The van der Waals surface area contributed by atoms with E-state index in [1.54, 1.807) is 0 Å². The van der Waals surface area contributed by atoms with Gasteiger partial charge in [-0.3, -0.25) is 0 Å². The molecule has 1 aliphatic carbocycles. The van der Waals surface area contributed by atoms with Gasteiger partial charge < -0.3 is 25.5 Å². The zero-order valence-electron chi connectivity index (χ0n) is 18.4. The number of hydrogen-bond acceptors (Lipinski definition) is 5. The molecule has 0 amide bonds. The molecule has 3 saturated heterocycles. The Balaban J connectivity index is 0.000000392. The van der Waals surface area contributed by atoms with E-state index in [4.69, 9.17) is 0 Å². The van der Waals surface area contributed by atoms with Crippen molar-refractivity contribution in [3.8, 4) is 0 Å². The molecule has 0 aromatic heterocycles. The van der Waals surface area contributed by atoms with Crippen LogP contribution in [-0.2, 0) is 0 Å². The van der Waals surface area contributed by atoms with Crippen LogP contribution in [0.2, 0.25) is 0 Å². The van der Waals surface area contributed by atoms with E-state index in [0.29, 0.717) is 18.1 Å². The van der Waals surface area contributed by atoms with Gasteiger partial charge in [0.1, 0.15) is 0 Å². The van der Waals surface area contributed by atoms with Gasteiger partial charge in [-0.2, -0.15) is 0 Å². The van der Waals surface area contributed by atoms with Gasteiger partial charge in [0, 0.05) is 37.3 Å². The number of likely N-dealkylation sites (tertiary alicyclic amines) is 1.